The summed E-state index contributed by atoms with van der Waals surface area (Å²) in [5, 5.41) is 9.46. The normalized spacial score (nSPS) is 17.1. The third-order valence-corrected chi connectivity index (χ3v) is 5.63. The van der Waals surface area contributed by atoms with Gasteiger partial charge < -0.3 is 10.2 Å². The van der Waals surface area contributed by atoms with Gasteiger partial charge in [0.2, 0.25) is 0 Å². The summed E-state index contributed by atoms with van der Waals surface area (Å²) >= 11 is 0. The van der Waals surface area contributed by atoms with Crippen molar-refractivity contribution in [3.63, 3.8) is 0 Å². The van der Waals surface area contributed by atoms with E-state index < -0.39 is 5.82 Å². The molecule has 0 atom stereocenters. The quantitative estimate of drug-likeness (QED) is 0.843. The molecule has 2 aliphatic rings. The Kier molecular flexibility index (Phi) is 5.79. The Morgan fingerprint density at radius 2 is 1.73 bits per heavy atom. The first-order valence-electron chi connectivity index (χ1n) is 10.3. The van der Waals surface area contributed by atoms with E-state index in [-0.39, 0.29) is 23.4 Å². The second-order valence-electron chi connectivity index (χ2n) is 7.78. The molecular formula is C23H25FN4O2. The van der Waals surface area contributed by atoms with Crippen LogP contribution in [-0.4, -0.2) is 48.1 Å². The van der Waals surface area contributed by atoms with Crippen molar-refractivity contribution in [3.05, 3.63) is 65.5 Å². The Labute approximate surface area is 175 Å². The zero-order chi connectivity index (χ0) is 21.1. The van der Waals surface area contributed by atoms with Crippen LogP contribution in [0.2, 0.25) is 0 Å². The first-order chi connectivity index (χ1) is 14.5. The summed E-state index contributed by atoms with van der Waals surface area (Å²) in [6.45, 7) is 3.85. The number of piperidine rings is 1. The maximum atomic E-state index is 13.9. The van der Waals surface area contributed by atoms with Gasteiger partial charge in [-0.3, -0.25) is 14.6 Å². The van der Waals surface area contributed by atoms with Crippen molar-refractivity contribution in [2.75, 3.05) is 24.6 Å². The first-order valence-corrected chi connectivity index (χ1v) is 10.3. The number of hydrogen-bond donors (Lipinski definition) is 1. The lowest BCUT2D eigenvalue weighted by molar-refractivity contribution is 0.0693. The Bertz CT molecular complexity index is 965. The minimum absolute atomic E-state index is 0.00678. The van der Waals surface area contributed by atoms with Gasteiger partial charge in [-0.2, -0.15) is 5.10 Å². The zero-order valence-corrected chi connectivity index (χ0v) is 17.0. The van der Waals surface area contributed by atoms with Gasteiger partial charge in [0.05, 0.1) is 11.3 Å². The number of carbonyl (C=O) groups is 2. The lowest BCUT2D eigenvalue weighted by Gasteiger charge is -2.32. The summed E-state index contributed by atoms with van der Waals surface area (Å²) in [5.41, 5.74) is 2.78. The second-order valence-corrected chi connectivity index (χ2v) is 7.78. The summed E-state index contributed by atoms with van der Waals surface area (Å²) in [6.07, 6.45) is 2.25. The molecule has 4 rings (SSSR count). The third kappa shape index (κ3) is 4.35. The number of nitrogens with zero attached hydrogens (tertiary/aromatic N) is 3. The molecule has 30 heavy (non-hydrogen) atoms. The Balaban J connectivity index is 1.30. The Hall–Kier alpha value is -3.22. The van der Waals surface area contributed by atoms with Gasteiger partial charge in [0.25, 0.3) is 11.8 Å². The molecule has 2 aromatic carbocycles. The highest BCUT2D eigenvalue weighted by molar-refractivity contribution is 5.95. The van der Waals surface area contributed by atoms with Gasteiger partial charge in [-0.1, -0.05) is 12.1 Å². The smallest absolute Gasteiger partial charge is 0.256 e. The number of likely N-dealkylation sites (tertiary alicyclic amines) is 1. The summed E-state index contributed by atoms with van der Waals surface area (Å²) in [7, 11) is 0. The standard InChI is InChI=1S/C23H25FN4O2/c1-16-10-15-28(26-16)19-8-6-17(7-9-19)22(29)25-18-11-13-27(14-12-18)23(30)20-4-2-3-5-21(20)24/h2-9,18H,10-15H2,1H3,(H,25,29). The van der Waals surface area contributed by atoms with Crippen LogP contribution in [-0.2, 0) is 0 Å². The fourth-order valence-electron chi connectivity index (χ4n) is 3.85. The van der Waals surface area contributed by atoms with Crippen LogP contribution in [0.1, 0.15) is 46.9 Å². The Morgan fingerprint density at radius 3 is 2.37 bits per heavy atom. The fourth-order valence-corrected chi connectivity index (χ4v) is 3.85. The molecule has 0 aromatic heterocycles. The summed E-state index contributed by atoms with van der Waals surface area (Å²) < 4.78 is 13.9. The summed E-state index contributed by atoms with van der Waals surface area (Å²) in [6, 6.07) is 13.5. The lowest BCUT2D eigenvalue weighted by Crippen LogP contribution is -2.46. The predicted molar refractivity (Wildman–Crippen MR) is 114 cm³/mol. The number of hydrogen-bond acceptors (Lipinski definition) is 4. The molecular weight excluding hydrogens is 383 g/mol. The molecule has 6 nitrogen and oxygen atoms in total. The average molecular weight is 408 g/mol. The van der Waals surface area contributed by atoms with Crippen LogP contribution >= 0.6 is 0 Å². The van der Waals surface area contributed by atoms with Crippen LogP contribution in [0.15, 0.2) is 53.6 Å². The minimum atomic E-state index is -0.504. The van der Waals surface area contributed by atoms with Gasteiger partial charge in [0.15, 0.2) is 0 Å². The molecule has 0 unspecified atom stereocenters. The van der Waals surface area contributed by atoms with Crippen molar-refractivity contribution in [2.24, 2.45) is 5.10 Å². The van der Waals surface area contributed by atoms with Gasteiger partial charge >= 0.3 is 0 Å². The van der Waals surface area contributed by atoms with E-state index in [9.17, 15) is 14.0 Å². The van der Waals surface area contributed by atoms with Gasteiger partial charge in [-0.05, 0) is 56.2 Å². The first kappa shape index (κ1) is 20.1. The topological polar surface area (TPSA) is 65.0 Å². The largest absolute Gasteiger partial charge is 0.349 e. The molecule has 0 aliphatic carbocycles. The van der Waals surface area contributed by atoms with E-state index in [0.717, 1.165) is 24.4 Å². The van der Waals surface area contributed by atoms with E-state index in [2.05, 4.69) is 10.4 Å². The van der Waals surface area contributed by atoms with E-state index in [0.29, 0.717) is 31.5 Å². The molecule has 0 radical (unpaired) electrons. The number of rotatable bonds is 4. The molecule has 1 N–H and O–H groups in total. The maximum Gasteiger partial charge on any atom is 0.256 e. The van der Waals surface area contributed by atoms with Crippen molar-refractivity contribution >= 4 is 23.2 Å². The van der Waals surface area contributed by atoms with Gasteiger partial charge in [-0.25, -0.2) is 4.39 Å². The van der Waals surface area contributed by atoms with Crippen molar-refractivity contribution < 1.29 is 14.0 Å². The van der Waals surface area contributed by atoms with Gasteiger partial charge in [-0.15, -0.1) is 0 Å². The number of nitrogens with one attached hydrogen (secondary N) is 1. The van der Waals surface area contributed by atoms with Crippen LogP contribution in [0.5, 0.6) is 0 Å². The van der Waals surface area contributed by atoms with Crippen LogP contribution in [0.4, 0.5) is 10.1 Å². The molecule has 7 heteroatoms. The van der Waals surface area contributed by atoms with Crippen molar-refractivity contribution in [3.8, 4) is 0 Å². The van der Waals surface area contributed by atoms with E-state index >= 15 is 0 Å². The van der Waals surface area contributed by atoms with Gasteiger partial charge in [0, 0.05) is 43.4 Å². The van der Waals surface area contributed by atoms with E-state index in [4.69, 9.17) is 0 Å². The van der Waals surface area contributed by atoms with Crippen LogP contribution < -0.4 is 10.3 Å². The molecule has 1 fully saturated rings. The molecule has 0 saturated carbocycles. The van der Waals surface area contributed by atoms with Crippen molar-refractivity contribution in [1.82, 2.24) is 10.2 Å². The molecule has 1 saturated heterocycles. The number of hydrazone groups is 1. The summed E-state index contributed by atoms with van der Waals surface area (Å²) in [5.74, 6) is -0.925. The van der Waals surface area contributed by atoms with Crippen molar-refractivity contribution in [1.29, 1.82) is 0 Å². The number of halogens is 1. The molecule has 2 aromatic rings. The van der Waals surface area contributed by atoms with Crippen LogP contribution in [0.3, 0.4) is 0 Å². The molecule has 0 spiro atoms. The van der Waals surface area contributed by atoms with E-state index in [1.165, 1.54) is 12.1 Å². The highest BCUT2D eigenvalue weighted by Gasteiger charge is 2.26. The van der Waals surface area contributed by atoms with Crippen LogP contribution in [0.25, 0.3) is 0 Å². The average Bonchev–Trinajstić information content (AvgIpc) is 3.20. The number of amides is 2. The number of anilines is 1. The van der Waals surface area contributed by atoms with Gasteiger partial charge in [0.1, 0.15) is 5.82 Å². The van der Waals surface area contributed by atoms with E-state index in [1.54, 1.807) is 17.0 Å². The minimum Gasteiger partial charge on any atom is -0.349 e. The molecule has 2 amide bonds. The maximum absolute atomic E-state index is 13.9. The van der Waals surface area contributed by atoms with Crippen LogP contribution in [0, 0.1) is 5.82 Å². The molecule has 156 valence electrons. The predicted octanol–water partition coefficient (Wildman–Crippen LogP) is 3.45. The zero-order valence-electron chi connectivity index (χ0n) is 17.0. The molecule has 2 aliphatic heterocycles. The molecule has 2 heterocycles. The van der Waals surface area contributed by atoms with E-state index in [1.807, 2.05) is 36.2 Å². The fraction of sp³-hybridized carbons (Fsp3) is 0.348. The monoisotopic (exact) mass is 408 g/mol. The SMILES string of the molecule is CC1=NN(c2ccc(C(=O)NC3CCN(C(=O)c4ccccc4F)CC3)cc2)CC1. The third-order valence-electron chi connectivity index (χ3n) is 5.63. The highest BCUT2D eigenvalue weighted by Crippen LogP contribution is 2.21. The van der Waals surface area contributed by atoms with Crippen molar-refractivity contribution in [2.45, 2.75) is 32.2 Å². The number of carbonyl (C=O) groups excluding carboxylic acids is 2. The number of benzene rings is 2. The summed E-state index contributed by atoms with van der Waals surface area (Å²) in [4.78, 5) is 26.8. The lowest BCUT2D eigenvalue weighted by atomic mass is 10.0. The highest BCUT2D eigenvalue weighted by atomic mass is 19.1. The second kappa shape index (κ2) is 8.65. The molecule has 0 bridgehead atoms. The Morgan fingerprint density at radius 1 is 1.03 bits per heavy atom.